The zero-order valence-corrected chi connectivity index (χ0v) is 11.3. The number of hydrogen-bond acceptors (Lipinski definition) is 2. The molecule has 18 heavy (non-hydrogen) atoms. The molecule has 1 aromatic carbocycles. The van der Waals surface area contributed by atoms with Crippen LogP contribution >= 0.6 is 12.2 Å². The number of amides is 1. The molecule has 1 aliphatic carbocycles. The normalized spacial score (nSPS) is 15.6. The molecule has 4 heteroatoms. The fraction of sp³-hybridized carbons (Fsp3) is 0.429. The van der Waals surface area contributed by atoms with Crippen molar-refractivity contribution in [2.24, 2.45) is 11.7 Å². The van der Waals surface area contributed by atoms with Gasteiger partial charge in [-0.25, -0.2) is 0 Å². The number of benzene rings is 1. The van der Waals surface area contributed by atoms with Gasteiger partial charge in [0.1, 0.15) is 4.99 Å². The van der Waals surface area contributed by atoms with E-state index in [-0.39, 0.29) is 11.8 Å². The topological polar surface area (TPSA) is 55.1 Å². The lowest BCUT2D eigenvalue weighted by atomic mass is 10.0. The van der Waals surface area contributed by atoms with E-state index in [0.29, 0.717) is 4.99 Å². The predicted octanol–water partition coefficient (Wildman–Crippen LogP) is 2.76. The molecule has 3 N–H and O–H groups in total. The minimum Gasteiger partial charge on any atom is -0.389 e. The summed E-state index contributed by atoms with van der Waals surface area (Å²) in [6.45, 7) is 1.94. The van der Waals surface area contributed by atoms with E-state index in [2.05, 4.69) is 5.32 Å². The zero-order chi connectivity index (χ0) is 13.1. The Morgan fingerprint density at radius 2 is 2.06 bits per heavy atom. The van der Waals surface area contributed by atoms with E-state index in [0.717, 1.165) is 42.5 Å². The van der Waals surface area contributed by atoms with E-state index in [1.54, 1.807) is 0 Å². The molecule has 1 amide bonds. The number of thiocarbonyl (C=S) groups is 1. The molecular weight excluding hydrogens is 244 g/mol. The molecule has 0 heterocycles. The highest BCUT2D eigenvalue weighted by Gasteiger charge is 2.23. The molecule has 0 atom stereocenters. The average Bonchev–Trinajstić information content (AvgIpc) is 2.81. The first-order valence-electron chi connectivity index (χ1n) is 6.30. The second-order valence-electron chi connectivity index (χ2n) is 4.83. The summed E-state index contributed by atoms with van der Waals surface area (Å²) in [5.41, 5.74) is 8.23. The highest BCUT2D eigenvalue weighted by atomic mass is 32.1. The van der Waals surface area contributed by atoms with Crippen molar-refractivity contribution in [2.75, 3.05) is 5.32 Å². The summed E-state index contributed by atoms with van der Waals surface area (Å²) in [4.78, 5) is 12.4. The molecule has 2 rings (SSSR count). The van der Waals surface area contributed by atoms with Gasteiger partial charge in [-0.1, -0.05) is 37.2 Å². The molecule has 3 nitrogen and oxygen atoms in total. The number of anilines is 1. The minimum absolute atomic E-state index is 0.0931. The minimum atomic E-state index is 0.0931. The fourth-order valence-corrected chi connectivity index (χ4v) is 2.79. The molecule has 1 aromatic rings. The van der Waals surface area contributed by atoms with Crippen LogP contribution < -0.4 is 11.1 Å². The molecule has 0 aromatic heterocycles. The molecular formula is C14H18N2OS. The van der Waals surface area contributed by atoms with Crippen molar-refractivity contribution in [2.45, 2.75) is 32.6 Å². The van der Waals surface area contributed by atoms with Gasteiger partial charge in [-0.15, -0.1) is 0 Å². The highest BCUT2D eigenvalue weighted by Crippen LogP contribution is 2.27. The standard InChI is InChI=1S/C14H18N2OS/c1-9-5-4-8-11(12(9)13(15)18)16-14(17)10-6-2-3-7-10/h4-5,8,10H,2-3,6-7H2,1H3,(H2,15,18)(H,16,17). The van der Waals surface area contributed by atoms with Crippen LogP contribution in [0.15, 0.2) is 18.2 Å². The van der Waals surface area contributed by atoms with E-state index >= 15 is 0 Å². The van der Waals surface area contributed by atoms with Crippen LogP contribution in [0.4, 0.5) is 5.69 Å². The lowest BCUT2D eigenvalue weighted by Crippen LogP contribution is -2.23. The van der Waals surface area contributed by atoms with E-state index in [1.165, 1.54) is 0 Å². The number of rotatable bonds is 3. The Balaban J connectivity index is 2.20. The quantitative estimate of drug-likeness (QED) is 0.824. The molecule has 1 fully saturated rings. The number of nitrogens with one attached hydrogen (secondary N) is 1. The largest absolute Gasteiger partial charge is 0.389 e. The van der Waals surface area contributed by atoms with Gasteiger partial charge in [-0.05, 0) is 31.4 Å². The van der Waals surface area contributed by atoms with Crippen LogP contribution in [0.2, 0.25) is 0 Å². The Kier molecular flexibility index (Phi) is 3.97. The molecule has 0 saturated heterocycles. The van der Waals surface area contributed by atoms with Gasteiger partial charge in [-0.3, -0.25) is 4.79 Å². The van der Waals surface area contributed by atoms with Crippen LogP contribution in [0.5, 0.6) is 0 Å². The van der Waals surface area contributed by atoms with Crippen molar-refractivity contribution in [1.82, 2.24) is 0 Å². The first-order chi connectivity index (χ1) is 8.59. The van der Waals surface area contributed by atoms with Crippen molar-refractivity contribution in [1.29, 1.82) is 0 Å². The SMILES string of the molecule is Cc1cccc(NC(=O)C2CCCC2)c1C(N)=S. The number of carbonyl (C=O) groups excluding carboxylic acids is 1. The van der Waals surface area contributed by atoms with Crippen molar-refractivity contribution < 1.29 is 4.79 Å². The van der Waals surface area contributed by atoms with E-state index < -0.39 is 0 Å². The molecule has 0 aliphatic heterocycles. The van der Waals surface area contributed by atoms with Crippen molar-refractivity contribution >= 4 is 28.8 Å². The van der Waals surface area contributed by atoms with Crippen molar-refractivity contribution in [3.63, 3.8) is 0 Å². The van der Waals surface area contributed by atoms with E-state index in [4.69, 9.17) is 18.0 Å². The summed E-state index contributed by atoms with van der Waals surface area (Å²) in [6.07, 6.45) is 4.27. The molecule has 0 bridgehead atoms. The number of hydrogen-bond donors (Lipinski definition) is 2. The highest BCUT2D eigenvalue weighted by molar-refractivity contribution is 7.80. The molecule has 96 valence electrons. The Morgan fingerprint density at radius 3 is 2.67 bits per heavy atom. The summed E-state index contributed by atoms with van der Waals surface area (Å²) >= 11 is 5.05. The van der Waals surface area contributed by atoms with Crippen LogP contribution in [0.25, 0.3) is 0 Å². The summed E-state index contributed by atoms with van der Waals surface area (Å²) < 4.78 is 0. The Hall–Kier alpha value is -1.42. The van der Waals surface area contributed by atoms with Crippen molar-refractivity contribution in [3.05, 3.63) is 29.3 Å². The molecule has 1 saturated carbocycles. The van der Waals surface area contributed by atoms with Gasteiger partial charge in [0, 0.05) is 11.5 Å². The average molecular weight is 262 g/mol. The smallest absolute Gasteiger partial charge is 0.227 e. The molecule has 0 radical (unpaired) electrons. The van der Waals surface area contributed by atoms with Gasteiger partial charge in [0.2, 0.25) is 5.91 Å². The first-order valence-corrected chi connectivity index (χ1v) is 6.70. The van der Waals surface area contributed by atoms with Crippen LogP contribution in [0.3, 0.4) is 0 Å². The van der Waals surface area contributed by atoms with E-state index in [1.807, 2.05) is 25.1 Å². The van der Waals surface area contributed by atoms with Gasteiger partial charge >= 0.3 is 0 Å². The summed E-state index contributed by atoms with van der Waals surface area (Å²) in [7, 11) is 0. The van der Waals surface area contributed by atoms with Gasteiger partial charge in [0.05, 0.1) is 5.69 Å². The second kappa shape index (κ2) is 5.48. The Bertz CT molecular complexity index is 479. The molecule has 0 unspecified atom stereocenters. The maximum atomic E-state index is 12.1. The second-order valence-corrected chi connectivity index (χ2v) is 5.27. The summed E-state index contributed by atoms with van der Waals surface area (Å²) in [5, 5.41) is 2.97. The Labute approximate surface area is 113 Å². The third-order valence-corrected chi connectivity index (χ3v) is 3.71. The van der Waals surface area contributed by atoms with Gasteiger partial charge in [-0.2, -0.15) is 0 Å². The molecule has 0 spiro atoms. The Morgan fingerprint density at radius 1 is 1.39 bits per heavy atom. The lowest BCUT2D eigenvalue weighted by molar-refractivity contribution is -0.119. The van der Waals surface area contributed by atoms with Crippen LogP contribution in [-0.4, -0.2) is 10.9 Å². The predicted molar refractivity (Wildman–Crippen MR) is 77.7 cm³/mol. The first kappa shape index (κ1) is 13.0. The van der Waals surface area contributed by atoms with Crippen LogP contribution in [0, 0.1) is 12.8 Å². The summed E-state index contributed by atoms with van der Waals surface area (Å²) in [6, 6.07) is 5.70. The summed E-state index contributed by atoms with van der Waals surface area (Å²) in [5.74, 6) is 0.236. The van der Waals surface area contributed by atoms with Gasteiger partial charge in [0.25, 0.3) is 0 Å². The number of nitrogens with two attached hydrogens (primary N) is 1. The van der Waals surface area contributed by atoms with Gasteiger partial charge in [0.15, 0.2) is 0 Å². The number of carbonyl (C=O) groups is 1. The number of aryl methyl sites for hydroxylation is 1. The molecule has 1 aliphatic rings. The van der Waals surface area contributed by atoms with Crippen molar-refractivity contribution in [3.8, 4) is 0 Å². The van der Waals surface area contributed by atoms with Crippen LogP contribution in [0.1, 0.15) is 36.8 Å². The lowest BCUT2D eigenvalue weighted by Gasteiger charge is -2.15. The third kappa shape index (κ3) is 2.70. The maximum absolute atomic E-state index is 12.1. The maximum Gasteiger partial charge on any atom is 0.227 e. The zero-order valence-electron chi connectivity index (χ0n) is 10.5. The third-order valence-electron chi connectivity index (χ3n) is 3.50. The fourth-order valence-electron chi connectivity index (χ4n) is 2.52. The monoisotopic (exact) mass is 262 g/mol. The van der Waals surface area contributed by atoms with Gasteiger partial charge < -0.3 is 11.1 Å². The van der Waals surface area contributed by atoms with E-state index in [9.17, 15) is 4.79 Å². The van der Waals surface area contributed by atoms with Crippen LogP contribution in [-0.2, 0) is 4.79 Å².